The largest absolute Gasteiger partial charge is 0.511 e. The molecule has 234 valence electrons. The van der Waals surface area contributed by atoms with Gasteiger partial charge in [0.25, 0.3) is 0 Å². The summed E-state index contributed by atoms with van der Waals surface area (Å²) in [4.78, 5) is 27.7. The number of esters is 1. The summed E-state index contributed by atoms with van der Waals surface area (Å²) in [5.74, 6) is -0.101. The van der Waals surface area contributed by atoms with Crippen LogP contribution in [-0.4, -0.2) is 58.1 Å². The van der Waals surface area contributed by atoms with E-state index in [2.05, 4.69) is 25.9 Å². The maximum Gasteiger partial charge on any atom is 0.511 e. The number of rotatable bonds is 10. The number of carbonyl (C=O) groups excluding carboxylic acids is 2. The lowest BCUT2D eigenvalue weighted by atomic mass is 9.98. The van der Waals surface area contributed by atoms with Gasteiger partial charge in [0.05, 0.1) is 16.9 Å². The lowest BCUT2D eigenvalue weighted by Crippen LogP contribution is -2.38. The van der Waals surface area contributed by atoms with Gasteiger partial charge in [-0.1, -0.05) is 61.0 Å². The highest BCUT2D eigenvalue weighted by Crippen LogP contribution is 2.40. The fourth-order valence-corrected chi connectivity index (χ4v) is 5.83. The molecule has 0 bridgehead atoms. The predicted octanol–water partition coefficient (Wildman–Crippen LogP) is 6.27. The van der Waals surface area contributed by atoms with Gasteiger partial charge in [-0.3, -0.25) is 0 Å². The van der Waals surface area contributed by atoms with Crippen LogP contribution in [0.15, 0.2) is 66.7 Å². The maximum absolute atomic E-state index is 13.4. The Balaban J connectivity index is 1.18. The van der Waals surface area contributed by atoms with E-state index in [0.717, 1.165) is 60.0 Å². The van der Waals surface area contributed by atoms with Gasteiger partial charge in [0, 0.05) is 25.6 Å². The van der Waals surface area contributed by atoms with Gasteiger partial charge in [0.15, 0.2) is 0 Å². The summed E-state index contributed by atoms with van der Waals surface area (Å²) in [7, 11) is 0. The van der Waals surface area contributed by atoms with Crippen LogP contribution in [0.4, 0.5) is 16.2 Å². The number of hydrogen-bond acceptors (Lipinski definition) is 11. The molecule has 45 heavy (non-hydrogen) atoms. The zero-order valence-corrected chi connectivity index (χ0v) is 25.3. The van der Waals surface area contributed by atoms with Crippen molar-refractivity contribution in [3.63, 3.8) is 0 Å². The van der Waals surface area contributed by atoms with Gasteiger partial charge in [-0.15, -0.1) is 10.2 Å². The summed E-state index contributed by atoms with van der Waals surface area (Å²) in [6.07, 6.45) is 2.21. The molecule has 0 saturated heterocycles. The summed E-state index contributed by atoms with van der Waals surface area (Å²) >= 11 is 0. The zero-order chi connectivity index (χ0) is 31.2. The minimum atomic E-state index is -1.13. The minimum absolute atomic E-state index is 0.157. The number of tetrazole rings is 1. The number of aromatic amines is 1. The van der Waals surface area contributed by atoms with Gasteiger partial charge in [0.1, 0.15) is 6.10 Å². The molecule has 2 atom stereocenters. The quantitative estimate of drug-likeness (QED) is 0.154. The molecule has 3 aromatic carbocycles. The van der Waals surface area contributed by atoms with E-state index in [1.807, 2.05) is 66.4 Å². The first-order valence-electron chi connectivity index (χ1n) is 15.3. The first-order valence-corrected chi connectivity index (χ1v) is 15.3. The fourth-order valence-electron chi connectivity index (χ4n) is 5.83. The molecule has 1 aliphatic carbocycles. The van der Waals surface area contributed by atoms with Gasteiger partial charge < -0.3 is 29.2 Å². The molecule has 12 heteroatoms. The van der Waals surface area contributed by atoms with Crippen molar-refractivity contribution in [2.75, 3.05) is 16.8 Å². The summed E-state index contributed by atoms with van der Waals surface area (Å²) in [5.41, 5.74) is 5.56. The van der Waals surface area contributed by atoms with E-state index in [1.54, 1.807) is 12.1 Å². The number of nitrogens with one attached hydrogen (secondary N) is 2. The monoisotopic (exact) mass is 612 g/mol. The van der Waals surface area contributed by atoms with Crippen molar-refractivity contribution in [1.29, 1.82) is 0 Å². The molecular formula is C33H36N6O6. The van der Waals surface area contributed by atoms with E-state index in [-0.39, 0.29) is 6.10 Å². The highest BCUT2D eigenvalue weighted by atomic mass is 16.8. The highest BCUT2D eigenvalue weighted by molar-refractivity contribution is 6.01. The molecule has 1 saturated carbocycles. The Kier molecular flexibility index (Phi) is 9.20. The molecule has 2 N–H and O–H groups in total. The van der Waals surface area contributed by atoms with Crippen LogP contribution in [0.3, 0.4) is 0 Å². The van der Waals surface area contributed by atoms with E-state index in [9.17, 15) is 9.59 Å². The Morgan fingerprint density at radius 1 is 0.956 bits per heavy atom. The van der Waals surface area contributed by atoms with Crippen LogP contribution in [0.25, 0.3) is 22.5 Å². The number of para-hydroxylation sites is 1. The molecule has 0 amide bonds. The lowest BCUT2D eigenvalue weighted by molar-refractivity contribution is -0.0914. The third-order valence-corrected chi connectivity index (χ3v) is 7.91. The molecule has 2 heterocycles. The molecule has 1 aromatic heterocycles. The van der Waals surface area contributed by atoms with Crippen molar-refractivity contribution in [3.05, 3.63) is 77.9 Å². The maximum atomic E-state index is 13.4. The molecule has 1 fully saturated rings. The second-order valence-corrected chi connectivity index (χ2v) is 11.0. The minimum Gasteiger partial charge on any atom is -0.431 e. The zero-order valence-electron chi connectivity index (χ0n) is 25.3. The molecule has 0 spiro atoms. The second kappa shape index (κ2) is 13.8. The molecular weight excluding hydrogens is 576 g/mol. The summed E-state index contributed by atoms with van der Waals surface area (Å²) < 4.78 is 22.2. The average molecular weight is 613 g/mol. The molecule has 0 radical (unpaired) electrons. The topological polar surface area (TPSA) is 141 Å². The van der Waals surface area contributed by atoms with Crippen molar-refractivity contribution < 1.29 is 28.5 Å². The van der Waals surface area contributed by atoms with Crippen LogP contribution in [0.5, 0.6) is 0 Å². The number of ether oxygens (including phenoxy) is 4. The molecule has 6 rings (SSSR count). The molecule has 12 nitrogen and oxygen atoms in total. The van der Waals surface area contributed by atoms with E-state index < -0.39 is 24.8 Å². The van der Waals surface area contributed by atoms with Crippen LogP contribution in [0, 0.1) is 0 Å². The van der Waals surface area contributed by atoms with Gasteiger partial charge >= 0.3 is 12.1 Å². The molecule has 1 aliphatic heterocycles. The Morgan fingerprint density at radius 3 is 2.47 bits per heavy atom. The summed E-state index contributed by atoms with van der Waals surface area (Å²) in [6.45, 7) is 4.32. The normalized spacial score (nSPS) is 16.8. The van der Waals surface area contributed by atoms with E-state index in [0.29, 0.717) is 30.2 Å². The first kappa shape index (κ1) is 30.1. The third kappa shape index (κ3) is 6.91. The SMILES string of the molecule is CCOC1Nc2cccc(C(=O)OC(C)OC(=O)OC3CCCCC3)c2N1Cc1ccc(-c2ccccc2-c2nn[nH]n2)cc1. The number of aromatic nitrogens is 4. The second-order valence-electron chi connectivity index (χ2n) is 11.0. The van der Waals surface area contributed by atoms with Crippen LogP contribution in [0.1, 0.15) is 61.9 Å². The predicted molar refractivity (Wildman–Crippen MR) is 166 cm³/mol. The smallest absolute Gasteiger partial charge is 0.431 e. The Morgan fingerprint density at radius 2 is 1.73 bits per heavy atom. The van der Waals surface area contributed by atoms with Crippen molar-refractivity contribution in [3.8, 4) is 22.5 Å². The van der Waals surface area contributed by atoms with Crippen LogP contribution < -0.4 is 10.2 Å². The van der Waals surface area contributed by atoms with Crippen LogP contribution in [-0.2, 0) is 25.5 Å². The highest BCUT2D eigenvalue weighted by Gasteiger charge is 2.34. The Labute approximate surface area is 261 Å². The standard InChI is InChI=1S/C33H36N6O6/c1-3-42-32-34-28-15-9-14-27(31(40)43-21(2)44-33(41)45-24-10-5-4-6-11-24)29(28)39(32)20-22-16-18-23(19-17-22)25-12-7-8-13-26(25)30-35-37-38-36-30/h7-9,12-19,21,24,32,34H,3-6,10-11,20H2,1-2H3,(H,35,36,37,38). The van der Waals surface area contributed by atoms with Crippen molar-refractivity contribution >= 4 is 23.5 Å². The number of benzene rings is 3. The van der Waals surface area contributed by atoms with Gasteiger partial charge in [-0.05, 0) is 66.6 Å². The summed E-state index contributed by atoms with van der Waals surface area (Å²) in [6, 6.07) is 21.4. The fraction of sp³-hybridized carbons (Fsp3) is 0.364. The number of fused-ring (bicyclic) bond motifs is 1. The van der Waals surface area contributed by atoms with E-state index in [4.69, 9.17) is 18.9 Å². The number of hydrogen-bond donors (Lipinski definition) is 2. The number of nitrogens with zero attached hydrogens (tertiary/aromatic N) is 4. The molecule has 2 unspecified atom stereocenters. The Hall–Kier alpha value is -4.97. The number of H-pyrrole nitrogens is 1. The van der Waals surface area contributed by atoms with Crippen molar-refractivity contribution in [2.24, 2.45) is 0 Å². The van der Waals surface area contributed by atoms with Crippen LogP contribution in [0.2, 0.25) is 0 Å². The van der Waals surface area contributed by atoms with Gasteiger partial charge in [0.2, 0.25) is 18.5 Å². The lowest BCUT2D eigenvalue weighted by Gasteiger charge is -2.27. The van der Waals surface area contributed by atoms with E-state index >= 15 is 0 Å². The van der Waals surface area contributed by atoms with Crippen LogP contribution >= 0.6 is 0 Å². The van der Waals surface area contributed by atoms with Gasteiger partial charge in [-0.25, -0.2) is 9.59 Å². The number of anilines is 2. The summed E-state index contributed by atoms with van der Waals surface area (Å²) in [5, 5.41) is 17.8. The number of carbonyl (C=O) groups is 2. The Bertz CT molecular complexity index is 1610. The average Bonchev–Trinajstić information content (AvgIpc) is 3.71. The third-order valence-electron chi connectivity index (χ3n) is 7.91. The molecule has 4 aromatic rings. The van der Waals surface area contributed by atoms with E-state index in [1.165, 1.54) is 6.92 Å². The van der Waals surface area contributed by atoms with Gasteiger partial charge in [-0.2, -0.15) is 5.21 Å². The first-order chi connectivity index (χ1) is 22.0. The van der Waals surface area contributed by atoms with Crippen molar-refractivity contribution in [2.45, 2.75) is 71.2 Å². The molecule has 2 aliphatic rings. The van der Waals surface area contributed by atoms with Crippen molar-refractivity contribution in [1.82, 2.24) is 20.6 Å².